The van der Waals surface area contributed by atoms with Crippen molar-refractivity contribution in [1.82, 2.24) is 9.13 Å². The Kier molecular flexibility index (Phi) is 17.7. The molecule has 0 atom stereocenters. The SMILES string of the molecule is CCCCCCCCn1c[n+](Cc2ccccc2C[n+]2cn(CCCCCCCC)c3ccccc32)c2ccccc21.O.[Br-].[Br-]. The lowest BCUT2D eigenvalue weighted by Crippen LogP contribution is -3.00. The number of imidazole rings is 2. The summed E-state index contributed by atoms with van der Waals surface area (Å²) in [5, 5.41) is 0. The molecular formula is C38H54Br2N4O. The number of nitrogens with zero attached hydrogens (tertiary/aromatic N) is 4. The van der Waals surface area contributed by atoms with Gasteiger partial charge < -0.3 is 39.4 Å². The molecular weight excluding hydrogens is 688 g/mol. The Morgan fingerprint density at radius 3 is 1.24 bits per heavy atom. The first-order chi connectivity index (χ1) is 20.8. The number of hydrogen-bond donors (Lipinski definition) is 0. The number of aromatic nitrogens is 4. The molecule has 246 valence electrons. The minimum atomic E-state index is 0. The number of hydrogen-bond acceptors (Lipinski definition) is 0. The van der Waals surface area contributed by atoms with Crippen LogP contribution >= 0.6 is 0 Å². The molecule has 0 radical (unpaired) electrons. The van der Waals surface area contributed by atoms with Gasteiger partial charge in [-0.1, -0.05) is 114 Å². The molecule has 3 aromatic carbocycles. The highest BCUT2D eigenvalue weighted by molar-refractivity contribution is 5.72. The van der Waals surface area contributed by atoms with Gasteiger partial charge in [0.15, 0.2) is 22.1 Å². The van der Waals surface area contributed by atoms with Gasteiger partial charge in [0.1, 0.15) is 13.1 Å². The van der Waals surface area contributed by atoms with Crippen molar-refractivity contribution >= 4 is 22.1 Å². The topological polar surface area (TPSA) is 49.1 Å². The number of fused-ring (bicyclic) bond motifs is 2. The fourth-order valence-electron chi connectivity index (χ4n) is 6.45. The van der Waals surface area contributed by atoms with Crippen molar-refractivity contribution in [2.75, 3.05) is 0 Å². The highest BCUT2D eigenvalue weighted by atomic mass is 79.9. The van der Waals surface area contributed by atoms with Gasteiger partial charge in [-0.25, -0.2) is 18.3 Å². The van der Waals surface area contributed by atoms with Gasteiger partial charge in [0.2, 0.25) is 12.7 Å². The van der Waals surface area contributed by atoms with Crippen LogP contribution in [0.25, 0.3) is 22.1 Å². The summed E-state index contributed by atoms with van der Waals surface area (Å²) in [5.41, 5.74) is 8.12. The molecule has 0 aliphatic heterocycles. The number of halogens is 2. The van der Waals surface area contributed by atoms with Crippen molar-refractivity contribution in [3.8, 4) is 0 Å². The fraction of sp³-hybridized carbons (Fsp3) is 0.474. The number of benzene rings is 3. The van der Waals surface area contributed by atoms with E-state index in [-0.39, 0.29) is 39.4 Å². The highest BCUT2D eigenvalue weighted by Gasteiger charge is 2.19. The first kappa shape index (κ1) is 38.7. The molecule has 0 saturated heterocycles. The molecule has 5 aromatic rings. The van der Waals surface area contributed by atoms with E-state index in [1.54, 1.807) is 0 Å². The van der Waals surface area contributed by atoms with Crippen LogP contribution in [0, 0.1) is 0 Å². The van der Waals surface area contributed by atoms with E-state index in [0.29, 0.717) is 0 Å². The molecule has 2 aromatic heterocycles. The van der Waals surface area contributed by atoms with Crippen LogP contribution in [0.1, 0.15) is 102 Å². The second kappa shape index (κ2) is 20.6. The largest absolute Gasteiger partial charge is 1.00 e. The van der Waals surface area contributed by atoms with Crippen molar-refractivity contribution < 1.29 is 48.6 Å². The summed E-state index contributed by atoms with van der Waals surface area (Å²) >= 11 is 0. The Morgan fingerprint density at radius 1 is 0.467 bits per heavy atom. The van der Waals surface area contributed by atoms with E-state index in [9.17, 15) is 0 Å². The maximum Gasteiger partial charge on any atom is 0.245 e. The molecule has 0 amide bonds. The quantitative estimate of drug-likeness (QED) is 0.0978. The van der Waals surface area contributed by atoms with Crippen LogP contribution in [0.3, 0.4) is 0 Å². The van der Waals surface area contributed by atoms with Gasteiger partial charge >= 0.3 is 0 Å². The summed E-state index contributed by atoms with van der Waals surface area (Å²) in [6.45, 7) is 8.53. The summed E-state index contributed by atoms with van der Waals surface area (Å²) in [7, 11) is 0. The first-order valence-electron chi connectivity index (χ1n) is 16.8. The number of aryl methyl sites for hydroxylation is 2. The Morgan fingerprint density at radius 2 is 0.822 bits per heavy atom. The van der Waals surface area contributed by atoms with E-state index in [0.717, 1.165) is 26.2 Å². The molecule has 5 nitrogen and oxygen atoms in total. The summed E-state index contributed by atoms with van der Waals surface area (Å²) in [4.78, 5) is 0. The monoisotopic (exact) mass is 740 g/mol. The molecule has 7 heteroatoms. The minimum Gasteiger partial charge on any atom is -1.00 e. The Labute approximate surface area is 292 Å². The van der Waals surface area contributed by atoms with Crippen LogP contribution < -0.4 is 43.1 Å². The van der Waals surface area contributed by atoms with Gasteiger partial charge in [0.25, 0.3) is 0 Å². The van der Waals surface area contributed by atoms with Crippen molar-refractivity contribution in [1.29, 1.82) is 0 Å². The normalized spacial score (nSPS) is 10.9. The van der Waals surface area contributed by atoms with Gasteiger partial charge in [-0.2, -0.15) is 0 Å². The van der Waals surface area contributed by atoms with E-state index < -0.39 is 0 Å². The third-order valence-electron chi connectivity index (χ3n) is 8.86. The second-order valence-electron chi connectivity index (χ2n) is 12.2. The molecule has 0 unspecified atom stereocenters. The molecule has 0 spiro atoms. The zero-order valence-corrected chi connectivity index (χ0v) is 30.6. The Hall–Kier alpha value is -2.48. The summed E-state index contributed by atoms with van der Waals surface area (Å²) in [6, 6.07) is 26.8. The lowest BCUT2D eigenvalue weighted by atomic mass is 10.1. The molecule has 0 bridgehead atoms. The van der Waals surface area contributed by atoms with Gasteiger partial charge in [0.05, 0.1) is 13.1 Å². The summed E-state index contributed by atoms with van der Waals surface area (Å²) < 4.78 is 9.86. The fourth-order valence-corrected chi connectivity index (χ4v) is 6.45. The van der Waals surface area contributed by atoms with Crippen LogP contribution in [0.2, 0.25) is 0 Å². The van der Waals surface area contributed by atoms with Crippen molar-refractivity contribution in [3.05, 3.63) is 96.6 Å². The van der Waals surface area contributed by atoms with E-state index in [4.69, 9.17) is 0 Å². The molecule has 45 heavy (non-hydrogen) atoms. The van der Waals surface area contributed by atoms with Crippen LogP contribution in [0.15, 0.2) is 85.5 Å². The van der Waals surface area contributed by atoms with E-state index in [2.05, 4.69) is 118 Å². The maximum absolute atomic E-state index is 2.47. The van der Waals surface area contributed by atoms with Gasteiger partial charge in [-0.3, -0.25) is 0 Å². The standard InChI is InChI=1S/C38H52N4.2BrH.H2O/c1-3-5-7-9-11-19-27-39-31-41(37-25-17-15-23-35(37)39)29-33-21-13-14-22-34(33)30-42-32-40(28-20-12-10-8-6-4-2)36-24-16-18-26-38(36)42;;;/h13-18,21-26,31-32H,3-12,19-20,27-30H2,1-2H3;2*1H;1H2/q+2;;;/p-2. The average Bonchev–Trinajstić information content (AvgIpc) is 3.55. The molecule has 0 saturated carbocycles. The average molecular weight is 743 g/mol. The highest BCUT2D eigenvalue weighted by Crippen LogP contribution is 2.18. The number of unbranched alkanes of at least 4 members (excludes halogenated alkanes) is 10. The Bertz CT molecular complexity index is 1430. The van der Waals surface area contributed by atoms with Gasteiger partial charge in [-0.05, 0) is 49.9 Å². The zero-order chi connectivity index (χ0) is 29.0. The molecule has 0 aliphatic rings. The summed E-state index contributed by atoms with van der Waals surface area (Å²) in [5.74, 6) is 0. The molecule has 2 N–H and O–H groups in total. The van der Waals surface area contributed by atoms with Crippen LogP contribution in [-0.2, 0) is 26.2 Å². The third kappa shape index (κ3) is 10.5. The van der Waals surface area contributed by atoms with Gasteiger partial charge in [0, 0.05) is 11.1 Å². The van der Waals surface area contributed by atoms with Crippen LogP contribution in [0.5, 0.6) is 0 Å². The molecule has 5 rings (SSSR count). The van der Waals surface area contributed by atoms with E-state index in [1.807, 2.05) is 0 Å². The number of rotatable bonds is 18. The van der Waals surface area contributed by atoms with Crippen LogP contribution in [0.4, 0.5) is 0 Å². The third-order valence-corrected chi connectivity index (χ3v) is 8.86. The second-order valence-corrected chi connectivity index (χ2v) is 12.2. The van der Waals surface area contributed by atoms with Gasteiger partial charge in [-0.15, -0.1) is 0 Å². The number of para-hydroxylation sites is 4. The Balaban J connectivity index is 0.00000235. The van der Waals surface area contributed by atoms with Crippen molar-refractivity contribution in [2.24, 2.45) is 0 Å². The lowest BCUT2D eigenvalue weighted by Gasteiger charge is -2.07. The van der Waals surface area contributed by atoms with Crippen molar-refractivity contribution in [2.45, 2.75) is 117 Å². The minimum absolute atomic E-state index is 0. The predicted molar refractivity (Wildman–Crippen MR) is 179 cm³/mol. The molecule has 0 aliphatic carbocycles. The van der Waals surface area contributed by atoms with E-state index in [1.165, 1.54) is 110 Å². The molecule has 0 fully saturated rings. The van der Waals surface area contributed by atoms with Crippen molar-refractivity contribution in [3.63, 3.8) is 0 Å². The van der Waals surface area contributed by atoms with E-state index >= 15 is 0 Å². The van der Waals surface area contributed by atoms with Crippen LogP contribution in [-0.4, -0.2) is 14.6 Å². The zero-order valence-electron chi connectivity index (χ0n) is 27.4. The summed E-state index contributed by atoms with van der Waals surface area (Å²) in [6.07, 6.45) is 20.6. The molecule has 2 heterocycles. The first-order valence-corrected chi connectivity index (χ1v) is 16.8. The smallest absolute Gasteiger partial charge is 0.245 e. The lowest BCUT2D eigenvalue weighted by molar-refractivity contribution is -0.668. The maximum atomic E-state index is 2.47. The predicted octanol–water partition coefficient (Wildman–Crippen LogP) is 2.17.